The summed E-state index contributed by atoms with van der Waals surface area (Å²) in [5.74, 6) is -0.783. The average molecular weight is 738 g/mol. The smallest absolute Gasteiger partial charge is 0.417 e. The number of methoxy groups -OCH3 is 1. The number of carboxylic acid groups (broad SMARTS) is 1. The van der Waals surface area contributed by atoms with Crippen LogP contribution in [0.5, 0.6) is 17.2 Å². The molecule has 0 aliphatic heterocycles. The second-order valence-electron chi connectivity index (χ2n) is 12.6. The number of aromatic nitrogens is 1. The van der Waals surface area contributed by atoms with Gasteiger partial charge in [-0.1, -0.05) is 45.0 Å². The number of halogens is 3. The number of benzene rings is 4. The minimum atomic E-state index is -4.89. The molecule has 0 saturated carbocycles. The number of carbonyl (C=O) groups is 2. The molecule has 5 N–H and O–H groups in total. The van der Waals surface area contributed by atoms with Crippen LogP contribution >= 0.6 is 0 Å². The lowest BCUT2D eigenvalue weighted by atomic mass is 9.86. The number of nitrogens with zero attached hydrogens (tertiary/aromatic N) is 1. The van der Waals surface area contributed by atoms with Crippen LogP contribution in [0.4, 0.5) is 46.5 Å². The van der Waals surface area contributed by atoms with Gasteiger partial charge in [0.25, 0.3) is 0 Å². The maximum absolute atomic E-state index is 13.5. The lowest BCUT2D eigenvalue weighted by Gasteiger charge is -2.24. The number of nitrogens with one attached hydrogen (secondary N) is 4. The second-order valence-corrected chi connectivity index (χ2v) is 14.4. The molecule has 52 heavy (non-hydrogen) atoms. The van der Waals surface area contributed by atoms with E-state index in [9.17, 15) is 36.3 Å². The van der Waals surface area contributed by atoms with Gasteiger partial charge in [-0.25, -0.2) is 23.0 Å². The molecule has 0 spiro atoms. The molecule has 1 heterocycles. The van der Waals surface area contributed by atoms with Gasteiger partial charge in [0.2, 0.25) is 10.0 Å². The first-order valence-electron chi connectivity index (χ1n) is 15.5. The highest BCUT2D eigenvalue weighted by molar-refractivity contribution is 7.92. The third-order valence-corrected chi connectivity index (χ3v) is 8.21. The predicted molar refractivity (Wildman–Crippen MR) is 193 cm³/mol. The third-order valence-electron chi connectivity index (χ3n) is 7.62. The van der Waals surface area contributed by atoms with Crippen LogP contribution in [-0.2, 0) is 21.6 Å². The van der Waals surface area contributed by atoms with Gasteiger partial charge in [-0.3, -0.25) is 4.72 Å². The summed E-state index contributed by atoms with van der Waals surface area (Å²) in [6.45, 7) is 5.82. The zero-order valence-electron chi connectivity index (χ0n) is 28.5. The maximum atomic E-state index is 13.5. The van der Waals surface area contributed by atoms with Crippen LogP contribution in [-0.4, -0.2) is 43.9 Å². The number of carbonyl (C=O) groups excluding carboxylic acids is 1. The lowest BCUT2D eigenvalue weighted by molar-refractivity contribution is -0.138. The quantitative estimate of drug-likeness (QED) is 0.0941. The Labute approximate surface area is 297 Å². The summed E-state index contributed by atoms with van der Waals surface area (Å²) in [7, 11) is -2.32. The van der Waals surface area contributed by atoms with E-state index in [1.165, 1.54) is 25.4 Å². The number of fused-ring (bicyclic) bond motifs is 1. The minimum Gasteiger partial charge on any atom is -0.492 e. The highest BCUT2D eigenvalue weighted by Crippen LogP contribution is 2.40. The van der Waals surface area contributed by atoms with Gasteiger partial charge in [0.15, 0.2) is 5.75 Å². The molecule has 0 radical (unpaired) electrons. The van der Waals surface area contributed by atoms with Gasteiger partial charge < -0.3 is 30.5 Å². The zero-order valence-corrected chi connectivity index (χ0v) is 29.3. The molecule has 5 rings (SSSR count). The van der Waals surface area contributed by atoms with Crippen molar-refractivity contribution in [1.29, 1.82) is 0 Å². The normalized spacial score (nSPS) is 11.8. The van der Waals surface area contributed by atoms with Crippen molar-refractivity contribution >= 4 is 61.4 Å². The molecule has 12 nitrogen and oxygen atoms in total. The molecule has 16 heteroatoms. The number of carboxylic acids is 1. The van der Waals surface area contributed by atoms with E-state index in [-0.39, 0.29) is 34.4 Å². The number of pyridine rings is 1. The average Bonchev–Trinajstić information content (AvgIpc) is 3.04. The minimum absolute atomic E-state index is 0.0354. The molecule has 0 saturated heterocycles. The van der Waals surface area contributed by atoms with Crippen molar-refractivity contribution < 1.29 is 45.8 Å². The van der Waals surface area contributed by atoms with E-state index in [2.05, 4.69) is 25.7 Å². The first-order valence-corrected chi connectivity index (χ1v) is 17.4. The van der Waals surface area contributed by atoms with E-state index in [0.29, 0.717) is 28.3 Å². The molecular weight excluding hydrogens is 703 g/mol. The van der Waals surface area contributed by atoms with Crippen LogP contribution in [0.25, 0.3) is 10.8 Å². The maximum Gasteiger partial charge on any atom is 0.417 e. The van der Waals surface area contributed by atoms with Crippen LogP contribution in [0, 0.1) is 0 Å². The van der Waals surface area contributed by atoms with Crippen molar-refractivity contribution in [2.75, 3.05) is 34.0 Å². The first kappa shape index (κ1) is 37.2. The molecule has 0 aliphatic carbocycles. The highest BCUT2D eigenvalue weighted by atomic mass is 32.2. The second kappa shape index (κ2) is 14.3. The number of anilines is 5. The summed E-state index contributed by atoms with van der Waals surface area (Å²) in [6.07, 6.45) is -2.49. The Balaban J connectivity index is 1.39. The highest BCUT2D eigenvalue weighted by Gasteiger charge is 2.35. The molecule has 5 aromatic rings. The Morgan fingerprint density at radius 1 is 0.846 bits per heavy atom. The van der Waals surface area contributed by atoms with E-state index in [1.807, 2.05) is 20.8 Å². The van der Waals surface area contributed by atoms with Crippen LogP contribution in [0.2, 0.25) is 0 Å². The number of alkyl halides is 3. The van der Waals surface area contributed by atoms with Crippen LogP contribution in [0.1, 0.15) is 42.3 Å². The SMILES string of the molecule is COc1c(NC(=O)Nc2ccc(Oc3ccnc(Nc4ccc(C(=O)O)c(C(F)(F)F)c4)c3)c3ccccc23)cc(C(C)(C)C)cc1NS(C)(=O)=O. The Kier molecular flexibility index (Phi) is 10.2. The van der Waals surface area contributed by atoms with Crippen molar-refractivity contribution in [3.8, 4) is 17.2 Å². The number of hydrogen-bond donors (Lipinski definition) is 5. The molecule has 0 atom stereocenters. The number of aromatic carboxylic acids is 1. The number of sulfonamides is 1. The van der Waals surface area contributed by atoms with Crippen LogP contribution in [0.3, 0.4) is 0 Å². The van der Waals surface area contributed by atoms with E-state index in [1.54, 1.807) is 54.6 Å². The largest absolute Gasteiger partial charge is 0.492 e. The standard InChI is InChI=1S/C36H34F3N5O7S/c1-35(2,3)20-16-28(32(50-4)29(17-20)44-52(5,48)49)43-34(47)42-27-12-13-30(24-9-7-6-8-23(24)27)51-22-14-15-40-31(19-22)41-21-10-11-25(33(45)46)26(18-21)36(37,38)39/h6-19,44H,1-5H3,(H,40,41)(H,45,46)(H2,42,43,47). The van der Waals surface area contributed by atoms with Crippen molar-refractivity contribution in [3.05, 3.63) is 102 Å². The molecule has 4 aromatic carbocycles. The van der Waals surface area contributed by atoms with Crippen molar-refractivity contribution in [2.45, 2.75) is 32.4 Å². The zero-order chi connectivity index (χ0) is 38.0. The molecular formula is C36H34F3N5O7S. The molecule has 1 aromatic heterocycles. The summed E-state index contributed by atoms with van der Waals surface area (Å²) in [6, 6.07) is 18.8. The monoisotopic (exact) mass is 737 g/mol. The van der Waals surface area contributed by atoms with Gasteiger partial charge in [0.05, 0.1) is 41.6 Å². The first-order chi connectivity index (χ1) is 24.3. The molecule has 0 aliphatic rings. The van der Waals surface area contributed by atoms with Gasteiger partial charge in [0, 0.05) is 28.7 Å². The number of rotatable bonds is 10. The van der Waals surface area contributed by atoms with Crippen LogP contribution in [0.15, 0.2) is 85.1 Å². The third kappa shape index (κ3) is 8.81. The molecule has 2 amide bonds. The fourth-order valence-electron chi connectivity index (χ4n) is 5.26. The number of ether oxygens (including phenoxy) is 2. The van der Waals surface area contributed by atoms with Crippen molar-refractivity contribution in [2.24, 2.45) is 0 Å². The summed E-state index contributed by atoms with van der Waals surface area (Å²) in [5, 5.41) is 18.7. The van der Waals surface area contributed by atoms with Gasteiger partial charge in [-0.2, -0.15) is 13.2 Å². The molecule has 0 fully saturated rings. The molecule has 0 bridgehead atoms. The number of hydrogen-bond acceptors (Lipinski definition) is 8. The molecule has 0 unspecified atom stereocenters. The summed E-state index contributed by atoms with van der Waals surface area (Å²) < 4.78 is 78.9. The van der Waals surface area contributed by atoms with E-state index >= 15 is 0 Å². The summed E-state index contributed by atoms with van der Waals surface area (Å²) in [4.78, 5) is 28.8. The van der Waals surface area contributed by atoms with Gasteiger partial charge in [-0.15, -0.1) is 0 Å². The lowest BCUT2D eigenvalue weighted by Crippen LogP contribution is -2.22. The summed E-state index contributed by atoms with van der Waals surface area (Å²) in [5.41, 5.74) is -1.08. The van der Waals surface area contributed by atoms with Gasteiger partial charge in [0.1, 0.15) is 17.3 Å². The molecule has 272 valence electrons. The Hall–Kier alpha value is -6.03. The Morgan fingerprint density at radius 3 is 2.15 bits per heavy atom. The summed E-state index contributed by atoms with van der Waals surface area (Å²) >= 11 is 0. The van der Waals surface area contributed by atoms with Gasteiger partial charge in [-0.05, 0) is 59.5 Å². The van der Waals surface area contributed by atoms with Crippen LogP contribution < -0.4 is 30.1 Å². The predicted octanol–water partition coefficient (Wildman–Crippen LogP) is 8.81. The van der Waals surface area contributed by atoms with E-state index < -0.39 is 44.7 Å². The van der Waals surface area contributed by atoms with E-state index in [4.69, 9.17) is 9.47 Å². The number of amides is 2. The van der Waals surface area contributed by atoms with Crippen molar-refractivity contribution in [3.63, 3.8) is 0 Å². The Bertz CT molecular complexity index is 2290. The van der Waals surface area contributed by atoms with E-state index in [0.717, 1.165) is 17.9 Å². The fraction of sp³-hybridized carbons (Fsp3) is 0.194. The van der Waals surface area contributed by atoms with Crippen molar-refractivity contribution in [1.82, 2.24) is 4.98 Å². The van der Waals surface area contributed by atoms with Gasteiger partial charge >= 0.3 is 18.2 Å². The topological polar surface area (TPSA) is 168 Å². The fourth-order valence-corrected chi connectivity index (χ4v) is 5.81. The Morgan fingerprint density at radius 2 is 1.52 bits per heavy atom. The number of urea groups is 1.